The van der Waals surface area contributed by atoms with Gasteiger partial charge in [-0.25, -0.2) is 9.97 Å². The van der Waals surface area contributed by atoms with Gasteiger partial charge in [-0.1, -0.05) is 0 Å². The minimum absolute atomic E-state index is 0.302. The van der Waals surface area contributed by atoms with E-state index in [0.717, 1.165) is 49.6 Å². The predicted octanol–water partition coefficient (Wildman–Crippen LogP) is 2.23. The number of hydrogen-bond donors (Lipinski definition) is 1. The Bertz CT molecular complexity index is 718. The van der Waals surface area contributed by atoms with Crippen molar-refractivity contribution in [1.29, 1.82) is 0 Å². The monoisotopic (exact) mass is 310 g/mol. The fourth-order valence-corrected chi connectivity index (χ4v) is 3.40. The first kappa shape index (κ1) is 14.6. The normalized spacial score (nSPS) is 18.0. The number of hydrogen-bond acceptors (Lipinski definition) is 5. The van der Waals surface area contributed by atoms with Crippen molar-refractivity contribution in [2.24, 2.45) is 5.92 Å². The van der Waals surface area contributed by atoms with Crippen LogP contribution in [0.2, 0.25) is 0 Å². The molecule has 23 heavy (non-hydrogen) atoms. The molecule has 5 nitrogen and oxygen atoms in total. The van der Waals surface area contributed by atoms with Crippen LogP contribution in [0.5, 0.6) is 0 Å². The number of aryl methyl sites for hydroxylation is 1. The number of nitrogens with zero attached hydrogens (tertiary/aromatic N) is 4. The van der Waals surface area contributed by atoms with E-state index in [0.29, 0.717) is 5.92 Å². The van der Waals surface area contributed by atoms with Gasteiger partial charge in [-0.15, -0.1) is 0 Å². The number of aliphatic hydroxyl groups is 1. The van der Waals surface area contributed by atoms with Gasteiger partial charge < -0.3 is 10.0 Å². The zero-order valence-electron chi connectivity index (χ0n) is 13.7. The molecule has 0 bridgehead atoms. The summed E-state index contributed by atoms with van der Waals surface area (Å²) in [7, 11) is 0. The maximum atomic E-state index is 10.2. The van der Waals surface area contributed by atoms with E-state index in [1.165, 1.54) is 11.3 Å². The number of anilines is 1. The van der Waals surface area contributed by atoms with Gasteiger partial charge in [0.1, 0.15) is 5.82 Å². The molecule has 0 spiro atoms. The molecule has 120 valence electrons. The second-order valence-electron chi connectivity index (χ2n) is 7.15. The van der Waals surface area contributed by atoms with Crippen molar-refractivity contribution in [3.63, 3.8) is 0 Å². The SMILES string of the molecule is CC(C)(O)C1CN(c2nc(-c3cccnc3)nc3c2CCC3)C1. The quantitative estimate of drug-likeness (QED) is 0.942. The standard InChI is InChI=1S/C18H22N4O/c1-18(2,23)13-10-22(11-13)17-14-6-3-7-15(14)20-16(21-17)12-5-4-8-19-9-12/h4-5,8-9,13,23H,3,6-7,10-11H2,1-2H3. The van der Waals surface area contributed by atoms with Gasteiger partial charge in [0.05, 0.1) is 5.60 Å². The molecule has 0 radical (unpaired) electrons. The van der Waals surface area contributed by atoms with Crippen LogP contribution in [0, 0.1) is 5.92 Å². The lowest BCUT2D eigenvalue weighted by molar-refractivity contribution is 0.00434. The van der Waals surface area contributed by atoms with Gasteiger partial charge in [0.25, 0.3) is 0 Å². The second kappa shape index (κ2) is 5.27. The van der Waals surface area contributed by atoms with E-state index >= 15 is 0 Å². The van der Waals surface area contributed by atoms with Crippen LogP contribution in [0.25, 0.3) is 11.4 Å². The minimum atomic E-state index is -0.626. The Morgan fingerprint density at radius 2 is 2.04 bits per heavy atom. The molecule has 3 heterocycles. The molecule has 5 heteroatoms. The Labute approximate surface area is 136 Å². The maximum absolute atomic E-state index is 10.2. The van der Waals surface area contributed by atoms with Gasteiger partial charge in [0.2, 0.25) is 0 Å². The smallest absolute Gasteiger partial charge is 0.163 e. The van der Waals surface area contributed by atoms with Gasteiger partial charge >= 0.3 is 0 Å². The summed E-state index contributed by atoms with van der Waals surface area (Å²) >= 11 is 0. The summed E-state index contributed by atoms with van der Waals surface area (Å²) in [6, 6.07) is 3.92. The summed E-state index contributed by atoms with van der Waals surface area (Å²) < 4.78 is 0. The summed E-state index contributed by atoms with van der Waals surface area (Å²) in [6.45, 7) is 5.50. The highest BCUT2D eigenvalue weighted by molar-refractivity contribution is 5.61. The van der Waals surface area contributed by atoms with Gasteiger partial charge in [0.15, 0.2) is 5.82 Å². The van der Waals surface area contributed by atoms with Crippen molar-refractivity contribution in [2.75, 3.05) is 18.0 Å². The molecule has 0 unspecified atom stereocenters. The van der Waals surface area contributed by atoms with E-state index < -0.39 is 5.60 Å². The van der Waals surface area contributed by atoms with Gasteiger partial charge in [0, 0.05) is 48.2 Å². The van der Waals surface area contributed by atoms with Crippen LogP contribution in [0.1, 0.15) is 31.5 Å². The van der Waals surface area contributed by atoms with Crippen molar-refractivity contribution < 1.29 is 5.11 Å². The molecule has 1 saturated heterocycles. The molecular weight excluding hydrogens is 288 g/mol. The molecule has 0 amide bonds. The average Bonchev–Trinajstić information content (AvgIpc) is 2.93. The third-order valence-electron chi connectivity index (χ3n) is 5.01. The van der Waals surface area contributed by atoms with Crippen LogP contribution < -0.4 is 4.90 Å². The lowest BCUT2D eigenvalue weighted by atomic mass is 9.84. The first-order valence-corrected chi connectivity index (χ1v) is 8.30. The topological polar surface area (TPSA) is 62.1 Å². The Balaban J connectivity index is 1.69. The van der Waals surface area contributed by atoms with Crippen LogP contribution >= 0.6 is 0 Å². The molecule has 1 aliphatic carbocycles. The van der Waals surface area contributed by atoms with Crippen LogP contribution in [-0.2, 0) is 12.8 Å². The molecule has 2 aromatic heterocycles. The van der Waals surface area contributed by atoms with E-state index in [1.807, 2.05) is 32.2 Å². The van der Waals surface area contributed by atoms with E-state index in [9.17, 15) is 5.11 Å². The fourth-order valence-electron chi connectivity index (χ4n) is 3.40. The molecule has 1 fully saturated rings. The van der Waals surface area contributed by atoms with Crippen LogP contribution in [0.3, 0.4) is 0 Å². The highest BCUT2D eigenvalue weighted by Crippen LogP contribution is 2.36. The van der Waals surface area contributed by atoms with Crippen molar-refractivity contribution in [2.45, 2.75) is 38.7 Å². The largest absolute Gasteiger partial charge is 0.390 e. The lowest BCUT2D eigenvalue weighted by Crippen LogP contribution is -2.56. The highest BCUT2D eigenvalue weighted by Gasteiger charge is 2.39. The van der Waals surface area contributed by atoms with Crippen molar-refractivity contribution in [3.8, 4) is 11.4 Å². The van der Waals surface area contributed by atoms with Crippen molar-refractivity contribution in [3.05, 3.63) is 35.8 Å². The Morgan fingerprint density at radius 3 is 2.74 bits per heavy atom. The Hall–Kier alpha value is -2.01. The Kier molecular flexibility index (Phi) is 3.34. The highest BCUT2D eigenvalue weighted by atomic mass is 16.3. The number of fused-ring (bicyclic) bond motifs is 1. The second-order valence-corrected chi connectivity index (χ2v) is 7.15. The molecule has 1 N–H and O–H groups in total. The minimum Gasteiger partial charge on any atom is -0.390 e. The number of rotatable bonds is 3. The number of pyridine rings is 1. The lowest BCUT2D eigenvalue weighted by Gasteiger charge is -2.46. The van der Waals surface area contributed by atoms with E-state index in [2.05, 4.69) is 9.88 Å². The summed E-state index contributed by atoms with van der Waals surface area (Å²) in [6.07, 6.45) is 6.82. The Morgan fingerprint density at radius 1 is 1.22 bits per heavy atom. The first-order valence-electron chi connectivity index (χ1n) is 8.30. The molecule has 2 aromatic rings. The molecule has 2 aliphatic rings. The van der Waals surface area contributed by atoms with Gasteiger partial charge in [-0.2, -0.15) is 0 Å². The average molecular weight is 310 g/mol. The third-order valence-corrected chi connectivity index (χ3v) is 5.01. The summed E-state index contributed by atoms with van der Waals surface area (Å²) in [4.78, 5) is 16.1. The molecule has 1 aliphatic heterocycles. The first-order chi connectivity index (χ1) is 11.0. The molecular formula is C18H22N4O. The molecule has 0 aromatic carbocycles. The maximum Gasteiger partial charge on any atom is 0.163 e. The van der Waals surface area contributed by atoms with E-state index in [4.69, 9.17) is 9.97 Å². The summed E-state index contributed by atoms with van der Waals surface area (Å²) in [5.74, 6) is 2.13. The van der Waals surface area contributed by atoms with Crippen LogP contribution in [0.15, 0.2) is 24.5 Å². The van der Waals surface area contributed by atoms with E-state index in [1.54, 1.807) is 6.20 Å². The zero-order valence-corrected chi connectivity index (χ0v) is 13.7. The van der Waals surface area contributed by atoms with Crippen molar-refractivity contribution >= 4 is 5.82 Å². The van der Waals surface area contributed by atoms with E-state index in [-0.39, 0.29) is 0 Å². The zero-order chi connectivity index (χ0) is 16.0. The third kappa shape index (κ3) is 2.59. The van der Waals surface area contributed by atoms with Crippen LogP contribution in [-0.4, -0.2) is 38.7 Å². The fraction of sp³-hybridized carbons (Fsp3) is 0.500. The molecule has 0 atom stereocenters. The molecule has 4 rings (SSSR count). The number of aromatic nitrogens is 3. The van der Waals surface area contributed by atoms with Gasteiger partial charge in [-0.05, 0) is 45.2 Å². The van der Waals surface area contributed by atoms with Gasteiger partial charge in [-0.3, -0.25) is 4.98 Å². The van der Waals surface area contributed by atoms with Crippen LogP contribution in [0.4, 0.5) is 5.82 Å². The molecule has 0 saturated carbocycles. The summed E-state index contributed by atoms with van der Waals surface area (Å²) in [5, 5.41) is 10.2. The van der Waals surface area contributed by atoms with Crippen molar-refractivity contribution in [1.82, 2.24) is 15.0 Å². The summed E-state index contributed by atoms with van der Waals surface area (Å²) in [5.41, 5.74) is 2.81. The predicted molar refractivity (Wildman–Crippen MR) is 89.3 cm³/mol.